The molecule has 24 heavy (non-hydrogen) atoms. The van der Waals surface area contributed by atoms with Gasteiger partial charge in [0.25, 0.3) is 0 Å². The van der Waals surface area contributed by atoms with Crippen LogP contribution in [0, 0.1) is 11.2 Å². The fourth-order valence-corrected chi connectivity index (χ4v) is 3.15. The maximum Gasteiger partial charge on any atom is 0.237 e. The van der Waals surface area contributed by atoms with Crippen LogP contribution in [0.3, 0.4) is 0 Å². The Labute approximate surface area is 143 Å². The van der Waals surface area contributed by atoms with E-state index in [0.717, 1.165) is 37.8 Å². The van der Waals surface area contributed by atoms with E-state index in [1.165, 1.54) is 12.1 Å². The molecule has 4 nitrogen and oxygen atoms in total. The molecule has 1 aromatic carbocycles. The van der Waals surface area contributed by atoms with Crippen molar-refractivity contribution in [3.63, 3.8) is 0 Å². The van der Waals surface area contributed by atoms with Crippen molar-refractivity contribution in [1.29, 1.82) is 0 Å². The van der Waals surface area contributed by atoms with Crippen LogP contribution in [0.1, 0.15) is 52.0 Å². The fourth-order valence-electron chi connectivity index (χ4n) is 3.15. The van der Waals surface area contributed by atoms with Crippen LogP contribution in [0.25, 0.3) is 0 Å². The largest absolute Gasteiger partial charge is 0.351 e. The molecule has 2 rings (SSSR count). The van der Waals surface area contributed by atoms with E-state index < -0.39 is 5.41 Å². The lowest BCUT2D eigenvalue weighted by molar-refractivity contribution is -0.151. The number of piperidine rings is 1. The lowest BCUT2D eigenvalue weighted by atomic mass is 9.87. The van der Waals surface area contributed by atoms with Gasteiger partial charge in [0.05, 0.1) is 0 Å². The molecule has 0 spiro atoms. The van der Waals surface area contributed by atoms with Gasteiger partial charge in [0.2, 0.25) is 11.8 Å². The number of benzene rings is 1. The summed E-state index contributed by atoms with van der Waals surface area (Å²) in [6, 6.07) is 6.20. The molecule has 1 fully saturated rings. The van der Waals surface area contributed by atoms with Crippen molar-refractivity contribution in [2.75, 3.05) is 6.54 Å². The molecular weight excluding hydrogens is 307 g/mol. The Balaban J connectivity index is 2.00. The second kappa shape index (κ2) is 7.77. The van der Waals surface area contributed by atoms with Gasteiger partial charge in [-0.1, -0.05) is 19.1 Å². The third-order valence-electron chi connectivity index (χ3n) is 4.83. The van der Waals surface area contributed by atoms with Gasteiger partial charge in [-0.05, 0) is 57.2 Å². The Bertz CT molecular complexity index is 584. The van der Waals surface area contributed by atoms with Gasteiger partial charge in [-0.3, -0.25) is 9.59 Å². The number of likely N-dealkylation sites (tertiary alicyclic amines) is 1. The van der Waals surface area contributed by atoms with Crippen LogP contribution in [0.5, 0.6) is 0 Å². The number of hydrogen-bond acceptors (Lipinski definition) is 2. The van der Waals surface area contributed by atoms with Gasteiger partial charge < -0.3 is 10.2 Å². The first-order valence-corrected chi connectivity index (χ1v) is 8.70. The van der Waals surface area contributed by atoms with Crippen molar-refractivity contribution in [3.8, 4) is 0 Å². The highest BCUT2D eigenvalue weighted by molar-refractivity contribution is 6.04. The minimum atomic E-state index is -1.11. The van der Waals surface area contributed by atoms with E-state index in [1.54, 1.807) is 26.0 Å². The van der Waals surface area contributed by atoms with Gasteiger partial charge >= 0.3 is 0 Å². The molecule has 0 saturated carbocycles. The number of halogens is 1. The SMILES string of the molecule is CCC1CCCCN1C(=O)C(C)(C)C(=O)NCc1ccc(F)cc1. The summed E-state index contributed by atoms with van der Waals surface area (Å²) in [6.45, 7) is 6.45. The number of nitrogens with one attached hydrogen (secondary N) is 1. The Morgan fingerprint density at radius 3 is 2.54 bits per heavy atom. The van der Waals surface area contributed by atoms with Crippen LogP contribution in [0.4, 0.5) is 4.39 Å². The van der Waals surface area contributed by atoms with E-state index in [-0.39, 0.29) is 30.2 Å². The van der Waals surface area contributed by atoms with Gasteiger partial charge in [-0.2, -0.15) is 0 Å². The average molecular weight is 334 g/mol. The van der Waals surface area contributed by atoms with Crippen molar-refractivity contribution < 1.29 is 14.0 Å². The van der Waals surface area contributed by atoms with Crippen LogP contribution < -0.4 is 5.32 Å². The second-order valence-corrected chi connectivity index (χ2v) is 6.99. The standard InChI is InChI=1S/C19H27FN2O2/c1-4-16-7-5-6-12-22(16)18(24)19(2,3)17(23)21-13-14-8-10-15(20)11-9-14/h8-11,16H,4-7,12-13H2,1-3H3,(H,21,23). The third kappa shape index (κ3) is 4.13. The maximum atomic E-state index is 12.9. The molecule has 1 aliphatic rings. The van der Waals surface area contributed by atoms with Crippen molar-refractivity contribution in [1.82, 2.24) is 10.2 Å². The minimum absolute atomic E-state index is 0.106. The van der Waals surface area contributed by atoms with E-state index in [2.05, 4.69) is 12.2 Å². The molecule has 0 radical (unpaired) electrons. The smallest absolute Gasteiger partial charge is 0.237 e. The zero-order valence-corrected chi connectivity index (χ0v) is 14.8. The molecule has 1 atom stereocenters. The normalized spacial score (nSPS) is 18.3. The highest BCUT2D eigenvalue weighted by Crippen LogP contribution is 2.27. The molecular formula is C19H27FN2O2. The Morgan fingerprint density at radius 2 is 1.92 bits per heavy atom. The van der Waals surface area contributed by atoms with Crippen LogP contribution >= 0.6 is 0 Å². The molecule has 132 valence electrons. The van der Waals surface area contributed by atoms with Gasteiger partial charge in [0.1, 0.15) is 11.2 Å². The summed E-state index contributed by atoms with van der Waals surface area (Å²) in [7, 11) is 0. The quantitative estimate of drug-likeness (QED) is 0.840. The summed E-state index contributed by atoms with van der Waals surface area (Å²) >= 11 is 0. The number of nitrogens with zero attached hydrogens (tertiary/aromatic N) is 1. The van der Waals surface area contributed by atoms with Crippen LogP contribution in [-0.4, -0.2) is 29.3 Å². The van der Waals surface area contributed by atoms with Crippen LogP contribution in [0.2, 0.25) is 0 Å². The molecule has 1 heterocycles. The first-order valence-electron chi connectivity index (χ1n) is 8.70. The topological polar surface area (TPSA) is 49.4 Å². The molecule has 0 aromatic heterocycles. The molecule has 1 saturated heterocycles. The predicted molar refractivity (Wildman–Crippen MR) is 91.7 cm³/mol. The highest BCUT2D eigenvalue weighted by atomic mass is 19.1. The maximum absolute atomic E-state index is 12.9. The lowest BCUT2D eigenvalue weighted by Gasteiger charge is -2.39. The molecule has 0 bridgehead atoms. The van der Waals surface area contributed by atoms with Crippen LogP contribution in [-0.2, 0) is 16.1 Å². The molecule has 0 aliphatic carbocycles. The van der Waals surface area contributed by atoms with Crippen LogP contribution in [0.15, 0.2) is 24.3 Å². The van der Waals surface area contributed by atoms with Crippen molar-refractivity contribution in [2.45, 2.75) is 59.0 Å². The van der Waals surface area contributed by atoms with E-state index in [9.17, 15) is 14.0 Å². The summed E-state index contributed by atoms with van der Waals surface area (Å²) in [6.07, 6.45) is 4.06. The Hall–Kier alpha value is -1.91. The average Bonchev–Trinajstić information content (AvgIpc) is 2.60. The van der Waals surface area contributed by atoms with Crippen molar-refractivity contribution >= 4 is 11.8 Å². The second-order valence-electron chi connectivity index (χ2n) is 6.99. The fraction of sp³-hybridized carbons (Fsp3) is 0.579. The predicted octanol–water partition coefficient (Wildman–Crippen LogP) is 3.26. The minimum Gasteiger partial charge on any atom is -0.351 e. The van der Waals surface area contributed by atoms with Crippen molar-refractivity contribution in [3.05, 3.63) is 35.6 Å². The van der Waals surface area contributed by atoms with E-state index in [4.69, 9.17) is 0 Å². The molecule has 1 aliphatic heterocycles. The van der Waals surface area contributed by atoms with E-state index >= 15 is 0 Å². The van der Waals surface area contributed by atoms with E-state index in [1.807, 2.05) is 4.90 Å². The lowest BCUT2D eigenvalue weighted by Crippen LogP contribution is -2.53. The Kier molecular flexibility index (Phi) is 5.97. The van der Waals surface area contributed by atoms with Crippen molar-refractivity contribution in [2.24, 2.45) is 5.41 Å². The molecule has 1 unspecified atom stereocenters. The number of carbonyl (C=O) groups is 2. The molecule has 5 heteroatoms. The first kappa shape index (κ1) is 18.4. The van der Waals surface area contributed by atoms with Gasteiger partial charge in [-0.25, -0.2) is 4.39 Å². The number of amides is 2. The number of hydrogen-bond donors (Lipinski definition) is 1. The third-order valence-corrected chi connectivity index (χ3v) is 4.83. The summed E-state index contributed by atoms with van der Waals surface area (Å²) in [5.41, 5.74) is -0.303. The van der Waals surface area contributed by atoms with Gasteiger partial charge in [-0.15, -0.1) is 0 Å². The summed E-state index contributed by atoms with van der Waals surface area (Å²) in [5.74, 6) is -0.709. The monoisotopic (exact) mass is 334 g/mol. The molecule has 2 amide bonds. The zero-order valence-electron chi connectivity index (χ0n) is 14.8. The van der Waals surface area contributed by atoms with E-state index in [0.29, 0.717) is 0 Å². The molecule has 1 N–H and O–H groups in total. The Morgan fingerprint density at radius 1 is 1.25 bits per heavy atom. The zero-order chi connectivity index (χ0) is 17.7. The van der Waals surface area contributed by atoms with Gasteiger partial charge in [0, 0.05) is 19.1 Å². The summed E-state index contributed by atoms with van der Waals surface area (Å²) < 4.78 is 12.9. The van der Waals surface area contributed by atoms with Gasteiger partial charge in [0.15, 0.2) is 0 Å². The first-order chi connectivity index (χ1) is 11.4. The summed E-state index contributed by atoms with van der Waals surface area (Å²) in [4.78, 5) is 27.3. The molecule has 1 aromatic rings. The number of rotatable bonds is 5. The highest BCUT2D eigenvalue weighted by Gasteiger charge is 2.41. The number of carbonyl (C=O) groups excluding carboxylic acids is 2. The summed E-state index contributed by atoms with van der Waals surface area (Å²) in [5, 5.41) is 2.80.